The number of benzene rings is 1. The molecule has 224 valence electrons. The Labute approximate surface area is 244 Å². The predicted molar refractivity (Wildman–Crippen MR) is 152 cm³/mol. The third-order valence-electron chi connectivity index (χ3n) is 6.97. The van der Waals surface area contributed by atoms with Gasteiger partial charge < -0.3 is 25.4 Å². The molecule has 0 spiro atoms. The first kappa shape index (κ1) is 30.4. The Hall–Kier alpha value is -4.55. The van der Waals surface area contributed by atoms with E-state index < -0.39 is 12.1 Å². The molecule has 4 rings (SSSR count). The minimum Gasteiger partial charge on any atom is -0.354 e. The van der Waals surface area contributed by atoms with Crippen LogP contribution in [0.3, 0.4) is 0 Å². The first-order chi connectivity index (χ1) is 20.2. The van der Waals surface area contributed by atoms with Crippen LogP contribution in [0.4, 0.5) is 0 Å². The van der Waals surface area contributed by atoms with E-state index in [9.17, 15) is 19.2 Å². The smallest absolute Gasteiger partial charge is 0.292 e. The predicted octanol–water partition coefficient (Wildman–Crippen LogP) is 1.56. The van der Waals surface area contributed by atoms with Gasteiger partial charge in [0.25, 0.3) is 5.91 Å². The minimum absolute atomic E-state index is 0.0779. The van der Waals surface area contributed by atoms with E-state index >= 15 is 0 Å². The zero-order valence-electron chi connectivity index (χ0n) is 24.2. The topological polar surface area (TPSA) is 164 Å². The molecule has 2 aromatic heterocycles. The van der Waals surface area contributed by atoms with Crippen LogP contribution in [-0.2, 0) is 27.3 Å². The molecule has 0 bridgehead atoms. The molecule has 0 saturated carbocycles. The molecule has 3 aromatic rings. The van der Waals surface area contributed by atoms with Crippen molar-refractivity contribution in [2.24, 2.45) is 5.92 Å². The van der Waals surface area contributed by atoms with E-state index in [0.29, 0.717) is 37.6 Å². The van der Waals surface area contributed by atoms with Crippen LogP contribution in [0.15, 0.2) is 47.1 Å². The fraction of sp³-hybridized carbons (Fsp3) is 0.483. The first-order valence-electron chi connectivity index (χ1n) is 14.2. The summed E-state index contributed by atoms with van der Waals surface area (Å²) in [5.74, 6) is -0.335. The number of rotatable bonds is 4. The maximum absolute atomic E-state index is 13.7. The normalized spacial score (nSPS) is 19.7. The molecular weight excluding hydrogens is 540 g/mol. The van der Waals surface area contributed by atoms with Crippen molar-refractivity contribution in [2.45, 2.75) is 65.1 Å². The van der Waals surface area contributed by atoms with Gasteiger partial charge in [0, 0.05) is 38.5 Å². The highest BCUT2D eigenvalue weighted by atomic mass is 16.5. The molecule has 2 atom stereocenters. The lowest BCUT2D eigenvalue weighted by Crippen LogP contribution is -2.50. The number of nitrogens with zero attached hydrogens (tertiary/aromatic N) is 5. The molecule has 13 nitrogen and oxygen atoms in total. The van der Waals surface area contributed by atoms with E-state index in [1.54, 1.807) is 11.8 Å². The highest BCUT2D eigenvalue weighted by Crippen LogP contribution is 2.21. The number of fused-ring (bicyclic) bond motifs is 1. The molecule has 42 heavy (non-hydrogen) atoms. The number of aryl methyl sites for hydroxylation is 1. The van der Waals surface area contributed by atoms with E-state index in [0.717, 1.165) is 5.56 Å². The van der Waals surface area contributed by atoms with E-state index in [1.165, 1.54) is 16.9 Å². The zero-order valence-corrected chi connectivity index (χ0v) is 24.2. The second-order valence-electron chi connectivity index (χ2n) is 10.7. The molecule has 0 unspecified atom stereocenters. The van der Waals surface area contributed by atoms with Gasteiger partial charge in [-0.05, 0) is 31.2 Å². The maximum Gasteiger partial charge on any atom is 0.292 e. The Morgan fingerprint density at radius 1 is 1.05 bits per heavy atom. The maximum atomic E-state index is 13.7. The third-order valence-corrected chi connectivity index (χ3v) is 6.97. The third kappa shape index (κ3) is 8.24. The molecule has 0 radical (unpaired) electrons. The molecular formula is C29H38N8O5. The van der Waals surface area contributed by atoms with E-state index in [4.69, 9.17) is 4.52 Å². The van der Waals surface area contributed by atoms with Crippen molar-refractivity contribution in [3.63, 3.8) is 0 Å². The van der Waals surface area contributed by atoms with Crippen molar-refractivity contribution >= 4 is 23.6 Å². The van der Waals surface area contributed by atoms with Crippen LogP contribution in [0.1, 0.15) is 66.9 Å². The fourth-order valence-corrected chi connectivity index (χ4v) is 4.84. The number of nitrogens with one attached hydrogen (secondary N) is 3. The molecule has 1 aromatic carbocycles. The molecule has 1 aliphatic rings. The molecule has 1 aliphatic heterocycles. The van der Waals surface area contributed by atoms with Crippen molar-refractivity contribution in [2.75, 3.05) is 19.6 Å². The van der Waals surface area contributed by atoms with Gasteiger partial charge >= 0.3 is 0 Å². The largest absolute Gasteiger partial charge is 0.354 e. The summed E-state index contributed by atoms with van der Waals surface area (Å²) in [6.45, 7) is 6.49. The highest BCUT2D eigenvalue weighted by molar-refractivity contribution is 5.91. The van der Waals surface area contributed by atoms with Gasteiger partial charge in [-0.25, -0.2) is 9.67 Å². The van der Waals surface area contributed by atoms with Gasteiger partial charge in [-0.15, -0.1) is 0 Å². The lowest BCUT2D eigenvalue weighted by Gasteiger charge is -2.26. The lowest BCUT2D eigenvalue weighted by molar-refractivity contribution is -0.129. The highest BCUT2D eigenvalue weighted by Gasteiger charge is 2.30. The number of hydrogen-bond donors (Lipinski definition) is 3. The van der Waals surface area contributed by atoms with Crippen LogP contribution < -0.4 is 16.0 Å². The van der Waals surface area contributed by atoms with Gasteiger partial charge in [-0.3, -0.25) is 19.2 Å². The van der Waals surface area contributed by atoms with Crippen molar-refractivity contribution in [3.05, 3.63) is 65.6 Å². The molecule has 4 amide bonds. The number of carbonyl (C=O) groups excluding carboxylic acids is 4. The van der Waals surface area contributed by atoms with Crippen molar-refractivity contribution in [1.29, 1.82) is 0 Å². The number of aromatic nitrogens is 4. The van der Waals surface area contributed by atoms with Crippen LogP contribution in [-0.4, -0.2) is 74.1 Å². The van der Waals surface area contributed by atoms with Gasteiger partial charge in [-0.1, -0.05) is 49.3 Å². The standard InChI is InChI=1S/C29H38N8O5/c1-19(2)26-27-32-20(3)35-37(27)18-25(39)30-13-8-16-36(29(41)23-12-14-31-42-23)15-7-11-24(38)33-22(28(40)34-26)17-21-9-5-4-6-10-21/h4-6,9-10,12,14,19,22,26H,7-8,11,13,15-18H2,1-3H3,(H,30,39)(H,33,38)(H,34,40)/t22-,26+/m1/s1. The second kappa shape index (κ2) is 14.4. The van der Waals surface area contributed by atoms with Gasteiger partial charge in [0.05, 0.1) is 12.2 Å². The minimum atomic E-state index is -0.854. The Balaban J connectivity index is 1.60. The fourth-order valence-electron chi connectivity index (χ4n) is 4.84. The Bertz CT molecular complexity index is 1360. The van der Waals surface area contributed by atoms with E-state index in [2.05, 4.69) is 31.2 Å². The van der Waals surface area contributed by atoms with Crippen LogP contribution in [0.2, 0.25) is 0 Å². The van der Waals surface area contributed by atoms with Gasteiger partial charge in [0.15, 0.2) is 5.82 Å². The number of hydrogen-bond acceptors (Lipinski definition) is 8. The molecule has 0 aliphatic carbocycles. The van der Waals surface area contributed by atoms with Crippen LogP contribution in [0.25, 0.3) is 0 Å². The average Bonchev–Trinajstić information content (AvgIpc) is 3.62. The number of carbonyl (C=O) groups is 4. The summed E-state index contributed by atoms with van der Waals surface area (Å²) in [4.78, 5) is 58.7. The summed E-state index contributed by atoms with van der Waals surface area (Å²) in [6.07, 6.45) is 2.65. The Morgan fingerprint density at radius 3 is 2.52 bits per heavy atom. The van der Waals surface area contributed by atoms with Gasteiger partial charge in [0.2, 0.25) is 23.5 Å². The van der Waals surface area contributed by atoms with Crippen LogP contribution >= 0.6 is 0 Å². The summed E-state index contributed by atoms with van der Waals surface area (Å²) >= 11 is 0. The Morgan fingerprint density at radius 2 is 1.81 bits per heavy atom. The summed E-state index contributed by atoms with van der Waals surface area (Å²) in [5, 5.41) is 16.8. The lowest BCUT2D eigenvalue weighted by atomic mass is 10.0. The quantitative estimate of drug-likeness (QED) is 0.420. The summed E-state index contributed by atoms with van der Waals surface area (Å²) < 4.78 is 6.55. The Kier molecular flexibility index (Phi) is 10.4. The van der Waals surface area contributed by atoms with Crippen LogP contribution in [0, 0.1) is 12.8 Å². The molecule has 0 fully saturated rings. The molecule has 3 heterocycles. The van der Waals surface area contributed by atoms with Crippen molar-refractivity contribution < 1.29 is 23.7 Å². The van der Waals surface area contributed by atoms with Crippen LogP contribution in [0.5, 0.6) is 0 Å². The molecule has 0 saturated heterocycles. The molecule has 3 N–H and O–H groups in total. The SMILES string of the molecule is Cc1nc2n(n1)CC(=O)NCCCN(C(=O)c1ccno1)CCCC(=O)N[C@H](Cc1ccccc1)C(=O)N[C@H]2C(C)C. The monoisotopic (exact) mass is 578 g/mol. The van der Waals surface area contributed by atoms with Crippen molar-refractivity contribution in [1.82, 2.24) is 40.8 Å². The second-order valence-corrected chi connectivity index (χ2v) is 10.7. The van der Waals surface area contributed by atoms with Gasteiger partial charge in [0.1, 0.15) is 18.4 Å². The van der Waals surface area contributed by atoms with Gasteiger partial charge in [-0.2, -0.15) is 5.10 Å². The van der Waals surface area contributed by atoms with Crippen molar-refractivity contribution in [3.8, 4) is 0 Å². The van der Waals surface area contributed by atoms with E-state index in [-0.39, 0.29) is 61.2 Å². The molecule has 13 heteroatoms. The first-order valence-corrected chi connectivity index (χ1v) is 14.2. The zero-order chi connectivity index (χ0) is 30.1. The average molecular weight is 579 g/mol. The summed E-state index contributed by atoms with van der Waals surface area (Å²) in [5.41, 5.74) is 0.890. The summed E-state index contributed by atoms with van der Waals surface area (Å²) in [7, 11) is 0. The summed E-state index contributed by atoms with van der Waals surface area (Å²) in [6, 6.07) is 9.53. The number of amides is 4. The van der Waals surface area contributed by atoms with E-state index in [1.807, 2.05) is 44.2 Å².